The van der Waals surface area contributed by atoms with Crippen molar-refractivity contribution in [3.63, 3.8) is 0 Å². The predicted molar refractivity (Wildman–Crippen MR) is 74.8 cm³/mol. The molecule has 0 aliphatic rings. The van der Waals surface area contributed by atoms with Crippen molar-refractivity contribution in [3.05, 3.63) is 52.2 Å². The Hall–Kier alpha value is -2.14. The van der Waals surface area contributed by atoms with Crippen LogP contribution >= 0.6 is 11.3 Å². The highest BCUT2D eigenvalue weighted by Gasteiger charge is 2.22. The summed E-state index contributed by atoms with van der Waals surface area (Å²) in [4.78, 5) is 25.8. The summed E-state index contributed by atoms with van der Waals surface area (Å²) in [5.74, 6) is -0.715. The van der Waals surface area contributed by atoms with E-state index >= 15 is 0 Å². The Bertz CT molecular complexity index is 592. The van der Waals surface area contributed by atoms with Gasteiger partial charge in [-0.15, -0.1) is 11.3 Å². The van der Waals surface area contributed by atoms with Gasteiger partial charge in [0.05, 0.1) is 12.7 Å². The number of methoxy groups -OCH3 is 1. The SMILES string of the molecule is COC(=O)c1ccsc1C(=O)N(C)c1ccccc1. The van der Waals surface area contributed by atoms with Crippen molar-refractivity contribution in [1.82, 2.24) is 0 Å². The molecule has 2 aromatic rings. The highest BCUT2D eigenvalue weighted by atomic mass is 32.1. The molecule has 0 aliphatic heterocycles. The molecule has 2 rings (SSSR count). The van der Waals surface area contributed by atoms with E-state index in [2.05, 4.69) is 4.74 Å². The Morgan fingerprint density at radius 1 is 1.16 bits per heavy atom. The molecule has 98 valence electrons. The fraction of sp³-hybridized carbons (Fsp3) is 0.143. The van der Waals surface area contributed by atoms with Crippen molar-refractivity contribution in [1.29, 1.82) is 0 Å². The van der Waals surface area contributed by atoms with Crippen LogP contribution < -0.4 is 4.90 Å². The largest absolute Gasteiger partial charge is 0.465 e. The van der Waals surface area contributed by atoms with Crippen molar-refractivity contribution in [3.8, 4) is 0 Å². The summed E-state index contributed by atoms with van der Waals surface area (Å²) in [7, 11) is 2.98. The van der Waals surface area contributed by atoms with Gasteiger partial charge < -0.3 is 9.64 Å². The summed E-state index contributed by atoms with van der Waals surface area (Å²) < 4.78 is 4.67. The smallest absolute Gasteiger partial charge is 0.339 e. The van der Waals surface area contributed by atoms with E-state index in [1.807, 2.05) is 30.3 Å². The van der Waals surface area contributed by atoms with Gasteiger partial charge in [0.2, 0.25) is 0 Å². The second-order valence-electron chi connectivity index (χ2n) is 3.85. The first-order valence-electron chi connectivity index (χ1n) is 5.64. The van der Waals surface area contributed by atoms with E-state index in [0.717, 1.165) is 5.69 Å². The molecule has 0 bridgehead atoms. The molecule has 4 nitrogen and oxygen atoms in total. The van der Waals surface area contributed by atoms with Gasteiger partial charge >= 0.3 is 5.97 Å². The maximum Gasteiger partial charge on any atom is 0.339 e. The number of thiophene rings is 1. The lowest BCUT2D eigenvalue weighted by Gasteiger charge is -2.16. The van der Waals surface area contributed by atoms with Gasteiger partial charge in [-0.2, -0.15) is 0 Å². The molecule has 0 N–H and O–H groups in total. The lowest BCUT2D eigenvalue weighted by Crippen LogP contribution is -2.26. The van der Waals surface area contributed by atoms with Gasteiger partial charge in [-0.05, 0) is 23.6 Å². The number of carbonyl (C=O) groups excluding carboxylic acids is 2. The Labute approximate surface area is 115 Å². The average molecular weight is 275 g/mol. The molecule has 0 aliphatic carbocycles. The van der Waals surface area contributed by atoms with Gasteiger partial charge in [0.15, 0.2) is 0 Å². The summed E-state index contributed by atoms with van der Waals surface area (Å²) >= 11 is 1.23. The van der Waals surface area contributed by atoms with Crippen LogP contribution in [0.3, 0.4) is 0 Å². The monoisotopic (exact) mass is 275 g/mol. The first-order valence-corrected chi connectivity index (χ1v) is 6.52. The van der Waals surface area contributed by atoms with Gasteiger partial charge in [0, 0.05) is 12.7 Å². The summed E-state index contributed by atoms with van der Waals surface area (Å²) in [5.41, 5.74) is 1.08. The van der Waals surface area contributed by atoms with E-state index < -0.39 is 5.97 Å². The van der Waals surface area contributed by atoms with Crippen LogP contribution in [0.5, 0.6) is 0 Å². The van der Waals surface area contributed by atoms with Crippen LogP contribution in [0.25, 0.3) is 0 Å². The molecule has 1 aromatic carbocycles. The van der Waals surface area contributed by atoms with E-state index in [-0.39, 0.29) is 5.91 Å². The molecule has 0 radical (unpaired) electrons. The second kappa shape index (κ2) is 5.67. The summed E-state index contributed by atoms with van der Waals surface area (Å²) in [6.07, 6.45) is 0. The third-order valence-electron chi connectivity index (χ3n) is 2.71. The third kappa shape index (κ3) is 2.66. The number of ether oxygens (including phenoxy) is 1. The standard InChI is InChI=1S/C14H13NO3S/c1-15(10-6-4-3-5-7-10)13(16)12-11(8-9-19-12)14(17)18-2/h3-9H,1-2H3. The fourth-order valence-corrected chi connectivity index (χ4v) is 2.52. The molecule has 1 aromatic heterocycles. The van der Waals surface area contributed by atoms with E-state index in [9.17, 15) is 9.59 Å². The lowest BCUT2D eigenvalue weighted by molar-refractivity contribution is 0.0598. The van der Waals surface area contributed by atoms with Crippen molar-refractivity contribution < 1.29 is 14.3 Å². The van der Waals surface area contributed by atoms with Crippen molar-refractivity contribution >= 4 is 28.9 Å². The van der Waals surface area contributed by atoms with Gasteiger partial charge in [0.25, 0.3) is 5.91 Å². The Balaban J connectivity index is 2.30. The van der Waals surface area contributed by atoms with Crippen LogP contribution in [0.15, 0.2) is 41.8 Å². The van der Waals surface area contributed by atoms with Crippen molar-refractivity contribution in [2.24, 2.45) is 0 Å². The van der Waals surface area contributed by atoms with Crippen molar-refractivity contribution in [2.45, 2.75) is 0 Å². The number of para-hydroxylation sites is 1. The zero-order valence-electron chi connectivity index (χ0n) is 10.6. The highest BCUT2D eigenvalue weighted by Crippen LogP contribution is 2.22. The molecule has 19 heavy (non-hydrogen) atoms. The van der Waals surface area contributed by atoms with E-state index in [1.165, 1.54) is 23.3 Å². The summed E-state index contributed by atoms with van der Waals surface area (Å²) in [6, 6.07) is 10.9. The molecule has 1 amide bonds. The number of esters is 1. The summed E-state index contributed by atoms with van der Waals surface area (Å²) in [5, 5.41) is 1.71. The quantitative estimate of drug-likeness (QED) is 0.809. The summed E-state index contributed by atoms with van der Waals surface area (Å²) in [6.45, 7) is 0. The maximum absolute atomic E-state index is 12.4. The molecule has 1 heterocycles. The maximum atomic E-state index is 12.4. The molecule has 0 unspecified atom stereocenters. The minimum atomic E-state index is -0.494. The van der Waals surface area contributed by atoms with Gasteiger partial charge in [-0.3, -0.25) is 4.79 Å². The van der Waals surface area contributed by atoms with E-state index in [0.29, 0.717) is 10.4 Å². The molecule has 0 saturated carbocycles. The first kappa shape index (κ1) is 13.3. The minimum Gasteiger partial charge on any atom is -0.465 e. The zero-order valence-corrected chi connectivity index (χ0v) is 11.4. The van der Waals surface area contributed by atoms with Crippen LogP contribution in [-0.2, 0) is 4.74 Å². The molecule has 0 atom stereocenters. The van der Waals surface area contributed by atoms with Gasteiger partial charge in [-0.25, -0.2) is 4.79 Å². The minimum absolute atomic E-state index is 0.221. The van der Waals surface area contributed by atoms with Crippen molar-refractivity contribution in [2.75, 3.05) is 19.1 Å². The van der Waals surface area contributed by atoms with E-state index in [1.54, 1.807) is 18.5 Å². The molecular weight excluding hydrogens is 262 g/mol. The van der Waals surface area contributed by atoms with E-state index in [4.69, 9.17) is 0 Å². The highest BCUT2D eigenvalue weighted by molar-refractivity contribution is 7.12. The number of benzene rings is 1. The van der Waals surface area contributed by atoms with Gasteiger partial charge in [0.1, 0.15) is 4.88 Å². The molecular formula is C14H13NO3S. The lowest BCUT2D eigenvalue weighted by atomic mass is 10.2. The zero-order chi connectivity index (χ0) is 13.8. The molecule has 0 fully saturated rings. The normalized spacial score (nSPS) is 10.0. The van der Waals surface area contributed by atoms with Crippen LogP contribution in [0.1, 0.15) is 20.0 Å². The fourth-order valence-electron chi connectivity index (χ4n) is 1.67. The number of hydrogen-bond donors (Lipinski definition) is 0. The Morgan fingerprint density at radius 2 is 1.84 bits per heavy atom. The first-order chi connectivity index (χ1) is 9.15. The number of rotatable bonds is 3. The topological polar surface area (TPSA) is 46.6 Å². The number of amides is 1. The predicted octanol–water partition coefficient (Wildman–Crippen LogP) is 2.81. The van der Waals surface area contributed by atoms with Gasteiger partial charge in [-0.1, -0.05) is 18.2 Å². The number of hydrogen-bond acceptors (Lipinski definition) is 4. The molecule has 0 saturated heterocycles. The molecule has 0 spiro atoms. The van der Waals surface area contributed by atoms with Crippen LogP contribution in [0, 0.1) is 0 Å². The second-order valence-corrected chi connectivity index (χ2v) is 4.77. The number of carbonyl (C=O) groups is 2. The molecule has 5 heteroatoms. The number of anilines is 1. The third-order valence-corrected chi connectivity index (χ3v) is 3.62. The number of nitrogens with zero attached hydrogens (tertiary/aromatic N) is 1. The van der Waals surface area contributed by atoms with Crippen LogP contribution in [0.2, 0.25) is 0 Å². The average Bonchev–Trinajstić information content (AvgIpc) is 2.95. The van der Waals surface area contributed by atoms with Crippen LogP contribution in [-0.4, -0.2) is 26.0 Å². The van der Waals surface area contributed by atoms with Crippen LogP contribution in [0.4, 0.5) is 5.69 Å². The Morgan fingerprint density at radius 3 is 2.47 bits per heavy atom. The Kier molecular flexibility index (Phi) is 3.97.